The molecule has 2 heterocycles. The molecule has 30 heavy (non-hydrogen) atoms. The lowest BCUT2D eigenvalue weighted by Gasteiger charge is -2.22. The fraction of sp³-hybridized carbons (Fsp3) is 0.435. The summed E-state index contributed by atoms with van der Waals surface area (Å²) in [7, 11) is 1.64. The van der Waals surface area contributed by atoms with E-state index < -0.39 is 17.5 Å². The Morgan fingerprint density at radius 3 is 2.40 bits per heavy atom. The Labute approximate surface area is 177 Å². The van der Waals surface area contributed by atoms with Crippen LogP contribution in [0.2, 0.25) is 0 Å². The summed E-state index contributed by atoms with van der Waals surface area (Å²) in [4.78, 5) is 39.7. The predicted molar refractivity (Wildman–Crippen MR) is 114 cm³/mol. The monoisotopic (exact) mass is 411 g/mol. The van der Waals surface area contributed by atoms with Crippen LogP contribution in [-0.4, -0.2) is 47.4 Å². The molecular formula is C23H29N3O4. The lowest BCUT2D eigenvalue weighted by Crippen LogP contribution is -2.41. The molecule has 2 aromatic rings. The van der Waals surface area contributed by atoms with Gasteiger partial charge in [-0.2, -0.15) is 0 Å². The Kier molecular flexibility index (Phi) is 5.85. The van der Waals surface area contributed by atoms with Crippen LogP contribution in [0.1, 0.15) is 52.8 Å². The Morgan fingerprint density at radius 1 is 1.17 bits per heavy atom. The van der Waals surface area contributed by atoms with Gasteiger partial charge in [0, 0.05) is 24.1 Å². The summed E-state index contributed by atoms with van der Waals surface area (Å²) >= 11 is 0. The zero-order chi connectivity index (χ0) is 22.2. The smallest absolute Gasteiger partial charge is 0.325 e. The standard InChI is InChI=1S/C23H29N3O4/c1-14-7-9-18(10-8-14)23(5)21(28)25(22(29)24-23)12-20(27)19-11-15(2)26(17(19)4)16(3)13-30-6/h7-11,16H,12-13H2,1-6H3,(H,24,29)/t16-,23+/m0/s1. The molecule has 3 rings (SSSR count). The van der Waals surface area contributed by atoms with Crippen LogP contribution in [0.15, 0.2) is 30.3 Å². The normalized spacial score (nSPS) is 19.9. The van der Waals surface area contributed by atoms with Crippen LogP contribution >= 0.6 is 0 Å². The van der Waals surface area contributed by atoms with E-state index in [1.807, 2.05) is 56.5 Å². The number of carbonyl (C=O) groups is 3. The van der Waals surface area contributed by atoms with Crippen molar-refractivity contribution in [1.29, 1.82) is 0 Å². The first-order chi connectivity index (χ1) is 14.1. The molecule has 2 atom stereocenters. The molecule has 1 N–H and O–H groups in total. The van der Waals surface area contributed by atoms with Gasteiger partial charge in [0.25, 0.3) is 5.91 Å². The molecule has 1 aliphatic heterocycles. The number of hydrogen-bond donors (Lipinski definition) is 1. The summed E-state index contributed by atoms with van der Waals surface area (Å²) in [6, 6.07) is 8.75. The molecule has 1 aromatic carbocycles. The molecule has 7 nitrogen and oxygen atoms in total. The van der Waals surface area contributed by atoms with Crippen molar-refractivity contribution in [2.45, 2.75) is 46.2 Å². The molecule has 1 fully saturated rings. The minimum absolute atomic E-state index is 0.0677. The van der Waals surface area contributed by atoms with E-state index in [0.29, 0.717) is 17.7 Å². The number of methoxy groups -OCH3 is 1. The molecule has 1 aliphatic rings. The van der Waals surface area contributed by atoms with Gasteiger partial charge in [0.2, 0.25) is 0 Å². The average molecular weight is 412 g/mol. The number of aromatic nitrogens is 1. The predicted octanol–water partition coefficient (Wildman–Crippen LogP) is 3.27. The molecule has 1 saturated heterocycles. The number of imide groups is 1. The summed E-state index contributed by atoms with van der Waals surface area (Å²) in [5.74, 6) is -0.693. The van der Waals surface area contributed by atoms with Gasteiger partial charge in [-0.3, -0.25) is 14.5 Å². The Hall–Kier alpha value is -2.93. The number of urea groups is 1. The largest absolute Gasteiger partial charge is 0.383 e. The Morgan fingerprint density at radius 2 is 1.80 bits per heavy atom. The second-order valence-electron chi connectivity index (χ2n) is 8.19. The van der Waals surface area contributed by atoms with Gasteiger partial charge < -0.3 is 14.6 Å². The van der Waals surface area contributed by atoms with Crippen molar-refractivity contribution in [2.75, 3.05) is 20.3 Å². The van der Waals surface area contributed by atoms with Crippen molar-refractivity contribution in [1.82, 2.24) is 14.8 Å². The van der Waals surface area contributed by atoms with E-state index in [1.54, 1.807) is 20.1 Å². The number of hydrogen-bond acceptors (Lipinski definition) is 4. The van der Waals surface area contributed by atoms with E-state index >= 15 is 0 Å². The third kappa shape index (κ3) is 3.65. The van der Waals surface area contributed by atoms with Gasteiger partial charge in [-0.1, -0.05) is 29.8 Å². The van der Waals surface area contributed by atoms with Gasteiger partial charge in [-0.05, 0) is 46.2 Å². The van der Waals surface area contributed by atoms with Crippen LogP contribution < -0.4 is 5.32 Å². The third-order valence-electron chi connectivity index (χ3n) is 5.84. The molecule has 0 bridgehead atoms. The molecule has 1 aromatic heterocycles. The number of benzene rings is 1. The van der Waals surface area contributed by atoms with Crippen LogP contribution in [0, 0.1) is 20.8 Å². The molecule has 0 radical (unpaired) electrons. The Balaban J connectivity index is 1.84. The average Bonchev–Trinajstić information content (AvgIpc) is 3.10. The fourth-order valence-electron chi connectivity index (χ4n) is 4.21. The molecule has 0 saturated carbocycles. The van der Waals surface area contributed by atoms with E-state index in [-0.39, 0.29) is 18.4 Å². The van der Waals surface area contributed by atoms with Crippen molar-refractivity contribution in [2.24, 2.45) is 0 Å². The highest BCUT2D eigenvalue weighted by Gasteiger charge is 2.49. The van der Waals surface area contributed by atoms with E-state index in [9.17, 15) is 14.4 Å². The number of aryl methyl sites for hydroxylation is 2. The first-order valence-electron chi connectivity index (χ1n) is 10.0. The highest BCUT2D eigenvalue weighted by Crippen LogP contribution is 2.29. The number of nitrogens with one attached hydrogen (secondary N) is 1. The van der Waals surface area contributed by atoms with E-state index in [0.717, 1.165) is 21.9 Å². The van der Waals surface area contributed by atoms with Crippen LogP contribution in [-0.2, 0) is 15.1 Å². The van der Waals surface area contributed by atoms with Gasteiger partial charge in [0.1, 0.15) is 5.54 Å². The SMILES string of the molecule is COC[C@H](C)n1c(C)cc(C(=O)CN2C(=O)N[C@](C)(c3ccc(C)cc3)C2=O)c1C. The number of ether oxygens (including phenoxy) is 1. The molecule has 3 amide bonds. The maximum absolute atomic E-state index is 13.1. The van der Waals surface area contributed by atoms with Gasteiger partial charge >= 0.3 is 6.03 Å². The van der Waals surface area contributed by atoms with E-state index in [4.69, 9.17) is 4.74 Å². The summed E-state index contributed by atoms with van der Waals surface area (Å²) in [5.41, 5.74) is 2.81. The zero-order valence-corrected chi connectivity index (χ0v) is 18.4. The fourth-order valence-corrected chi connectivity index (χ4v) is 4.21. The molecule has 0 aliphatic carbocycles. The van der Waals surface area contributed by atoms with Gasteiger partial charge in [-0.25, -0.2) is 4.79 Å². The van der Waals surface area contributed by atoms with Crippen molar-refractivity contribution < 1.29 is 19.1 Å². The number of Topliss-reactive ketones (excluding diaryl/α,β-unsaturated/α-hetero) is 1. The minimum atomic E-state index is -1.19. The molecule has 7 heteroatoms. The van der Waals surface area contributed by atoms with Crippen LogP contribution in [0.3, 0.4) is 0 Å². The van der Waals surface area contributed by atoms with Crippen molar-refractivity contribution >= 4 is 17.7 Å². The van der Waals surface area contributed by atoms with Crippen molar-refractivity contribution in [3.05, 3.63) is 58.4 Å². The summed E-state index contributed by atoms with van der Waals surface area (Å²) in [6.45, 7) is 9.66. The first kappa shape index (κ1) is 21.8. The molecule has 160 valence electrons. The number of carbonyl (C=O) groups excluding carboxylic acids is 3. The van der Waals surface area contributed by atoms with Gasteiger partial charge in [-0.15, -0.1) is 0 Å². The van der Waals surface area contributed by atoms with Gasteiger partial charge in [0.05, 0.1) is 19.2 Å². The second kappa shape index (κ2) is 8.07. The second-order valence-corrected chi connectivity index (χ2v) is 8.19. The third-order valence-corrected chi connectivity index (χ3v) is 5.84. The van der Waals surface area contributed by atoms with Gasteiger partial charge in [0.15, 0.2) is 5.78 Å². The highest BCUT2D eigenvalue weighted by atomic mass is 16.5. The van der Waals surface area contributed by atoms with Crippen LogP contribution in [0.25, 0.3) is 0 Å². The van der Waals surface area contributed by atoms with E-state index in [1.165, 1.54) is 0 Å². The summed E-state index contributed by atoms with van der Waals surface area (Å²) in [5, 5.41) is 2.75. The molecule has 0 unspecified atom stereocenters. The first-order valence-corrected chi connectivity index (χ1v) is 10.0. The maximum Gasteiger partial charge on any atom is 0.325 e. The number of nitrogens with zero attached hydrogens (tertiary/aromatic N) is 2. The highest BCUT2D eigenvalue weighted by molar-refractivity contribution is 6.11. The number of ketones is 1. The number of amides is 3. The van der Waals surface area contributed by atoms with Crippen LogP contribution in [0.5, 0.6) is 0 Å². The van der Waals surface area contributed by atoms with Crippen LogP contribution in [0.4, 0.5) is 4.79 Å². The summed E-state index contributed by atoms with van der Waals surface area (Å²) < 4.78 is 7.27. The summed E-state index contributed by atoms with van der Waals surface area (Å²) in [6.07, 6.45) is 0. The lowest BCUT2D eigenvalue weighted by atomic mass is 9.91. The molecular weight excluding hydrogens is 382 g/mol. The number of rotatable bonds is 7. The van der Waals surface area contributed by atoms with Crippen molar-refractivity contribution in [3.63, 3.8) is 0 Å². The minimum Gasteiger partial charge on any atom is -0.383 e. The van der Waals surface area contributed by atoms with E-state index in [2.05, 4.69) is 5.32 Å². The maximum atomic E-state index is 13.1. The molecule has 0 spiro atoms. The van der Waals surface area contributed by atoms with Crippen molar-refractivity contribution in [3.8, 4) is 0 Å². The zero-order valence-electron chi connectivity index (χ0n) is 18.4. The lowest BCUT2D eigenvalue weighted by molar-refractivity contribution is -0.130. The Bertz CT molecular complexity index is 993. The quantitative estimate of drug-likeness (QED) is 0.560. The topological polar surface area (TPSA) is 80.6 Å².